The quantitative estimate of drug-likeness (QED) is 0.843. The molecule has 3 N–H and O–H groups in total. The number of carbonyl (C=O) groups excluding carboxylic acids is 1. The van der Waals surface area contributed by atoms with Crippen LogP contribution in [0, 0.1) is 18.3 Å². The van der Waals surface area contributed by atoms with Gasteiger partial charge in [-0.25, -0.2) is 0 Å². The highest BCUT2D eigenvalue weighted by Crippen LogP contribution is 2.18. The third kappa shape index (κ3) is 4.28. The van der Waals surface area contributed by atoms with Crippen molar-refractivity contribution < 1.29 is 4.79 Å². The Bertz CT molecular complexity index is 544. The predicted octanol–water partition coefficient (Wildman–Crippen LogP) is 0.906. The van der Waals surface area contributed by atoms with E-state index in [-0.39, 0.29) is 12.5 Å². The predicted molar refractivity (Wildman–Crippen MR) is 81.4 cm³/mol. The van der Waals surface area contributed by atoms with Crippen molar-refractivity contribution in [2.24, 2.45) is 5.73 Å². The lowest BCUT2D eigenvalue weighted by Crippen LogP contribution is -2.46. The van der Waals surface area contributed by atoms with Crippen LogP contribution in [0.5, 0.6) is 0 Å². The molecule has 1 amide bonds. The Morgan fingerprint density at radius 2 is 2.19 bits per heavy atom. The smallest absolute Gasteiger partial charge is 0.231 e. The molecule has 0 aromatic heterocycles. The average molecular weight is 286 g/mol. The Morgan fingerprint density at radius 1 is 1.48 bits per heavy atom. The van der Waals surface area contributed by atoms with Crippen LogP contribution in [0.15, 0.2) is 18.2 Å². The van der Waals surface area contributed by atoms with Gasteiger partial charge in [0, 0.05) is 12.6 Å². The topological polar surface area (TPSA) is 82.2 Å². The Balaban J connectivity index is 2.14. The summed E-state index contributed by atoms with van der Waals surface area (Å²) < 4.78 is 0. The highest BCUT2D eigenvalue weighted by Gasteiger charge is 2.22. The Hall–Kier alpha value is -1.90. The zero-order valence-electron chi connectivity index (χ0n) is 12.4. The first kappa shape index (κ1) is 15.5. The molecule has 0 saturated carbocycles. The molecule has 5 nitrogen and oxygen atoms in total. The molecular formula is C16H22N4O. The van der Waals surface area contributed by atoms with Crippen molar-refractivity contribution in [2.45, 2.75) is 32.4 Å². The normalized spacial score (nSPS) is 15.9. The number of nitriles is 1. The second kappa shape index (κ2) is 7.21. The van der Waals surface area contributed by atoms with Crippen LogP contribution in [-0.4, -0.2) is 36.5 Å². The van der Waals surface area contributed by atoms with Crippen molar-refractivity contribution >= 4 is 5.91 Å². The molecule has 1 fully saturated rings. The SMILES string of the molecule is Cc1cc(C#N)ccc1CN(CC(N)=O)C1CCNCC1. The van der Waals surface area contributed by atoms with Gasteiger partial charge in [0.1, 0.15) is 0 Å². The molecule has 1 aromatic carbocycles. The number of aryl methyl sites for hydroxylation is 1. The van der Waals surface area contributed by atoms with Crippen molar-refractivity contribution in [3.05, 3.63) is 34.9 Å². The van der Waals surface area contributed by atoms with Crippen LogP contribution < -0.4 is 11.1 Å². The van der Waals surface area contributed by atoms with Gasteiger partial charge in [0.2, 0.25) is 5.91 Å². The van der Waals surface area contributed by atoms with E-state index >= 15 is 0 Å². The number of piperidine rings is 1. The van der Waals surface area contributed by atoms with Crippen LogP contribution in [0.4, 0.5) is 0 Å². The lowest BCUT2D eigenvalue weighted by molar-refractivity contribution is -0.120. The van der Waals surface area contributed by atoms with Crippen LogP contribution in [0.3, 0.4) is 0 Å². The number of carbonyl (C=O) groups is 1. The summed E-state index contributed by atoms with van der Waals surface area (Å²) in [5.41, 5.74) is 8.29. The Labute approximate surface area is 125 Å². The van der Waals surface area contributed by atoms with Crippen molar-refractivity contribution in [3.8, 4) is 6.07 Å². The van der Waals surface area contributed by atoms with E-state index in [0.717, 1.165) is 37.1 Å². The molecule has 1 aliphatic rings. The lowest BCUT2D eigenvalue weighted by atomic mass is 10.0. The average Bonchev–Trinajstić information content (AvgIpc) is 2.49. The van der Waals surface area contributed by atoms with Crippen molar-refractivity contribution in [2.75, 3.05) is 19.6 Å². The second-order valence-electron chi connectivity index (χ2n) is 5.61. The fourth-order valence-electron chi connectivity index (χ4n) is 2.85. The summed E-state index contributed by atoms with van der Waals surface area (Å²) in [5, 5.41) is 12.3. The summed E-state index contributed by atoms with van der Waals surface area (Å²) in [4.78, 5) is 13.5. The van der Waals surface area contributed by atoms with Gasteiger partial charge in [-0.1, -0.05) is 6.07 Å². The number of benzene rings is 1. The van der Waals surface area contributed by atoms with Crippen LogP contribution in [0.1, 0.15) is 29.5 Å². The van der Waals surface area contributed by atoms with E-state index in [9.17, 15) is 4.79 Å². The third-order valence-corrected chi connectivity index (χ3v) is 4.03. The molecule has 112 valence electrons. The summed E-state index contributed by atoms with van der Waals surface area (Å²) in [5.74, 6) is -0.292. The highest BCUT2D eigenvalue weighted by atomic mass is 16.1. The minimum absolute atomic E-state index is 0.282. The largest absolute Gasteiger partial charge is 0.369 e. The van der Waals surface area contributed by atoms with Gasteiger partial charge in [0.05, 0.1) is 18.2 Å². The standard InChI is InChI=1S/C16H22N4O/c1-12-8-13(9-17)2-3-14(12)10-20(11-16(18)21)15-4-6-19-7-5-15/h2-3,8,15,19H,4-7,10-11H2,1H3,(H2,18,21). The van der Waals surface area contributed by atoms with Crippen LogP contribution >= 0.6 is 0 Å². The summed E-state index contributed by atoms with van der Waals surface area (Å²) in [6, 6.07) is 8.22. The number of nitrogens with two attached hydrogens (primary N) is 1. The van der Waals surface area contributed by atoms with E-state index in [4.69, 9.17) is 11.0 Å². The second-order valence-corrected chi connectivity index (χ2v) is 5.61. The van der Waals surface area contributed by atoms with Gasteiger partial charge in [-0.05, 0) is 56.1 Å². The van der Waals surface area contributed by atoms with Gasteiger partial charge in [-0.15, -0.1) is 0 Å². The maximum atomic E-state index is 11.3. The van der Waals surface area contributed by atoms with E-state index in [1.54, 1.807) is 0 Å². The molecule has 1 aliphatic heterocycles. The minimum atomic E-state index is -0.292. The van der Waals surface area contributed by atoms with Gasteiger partial charge >= 0.3 is 0 Å². The summed E-state index contributed by atoms with van der Waals surface area (Å²) in [6.45, 7) is 4.94. The van der Waals surface area contributed by atoms with E-state index in [1.807, 2.05) is 25.1 Å². The molecule has 0 aliphatic carbocycles. The van der Waals surface area contributed by atoms with E-state index in [2.05, 4.69) is 16.3 Å². The molecule has 0 radical (unpaired) electrons. The molecule has 1 aromatic rings. The monoisotopic (exact) mass is 286 g/mol. The molecule has 0 unspecified atom stereocenters. The van der Waals surface area contributed by atoms with Gasteiger partial charge in [0.15, 0.2) is 0 Å². The van der Waals surface area contributed by atoms with Gasteiger partial charge < -0.3 is 11.1 Å². The first-order valence-corrected chi connectivity index (χ1v) is 7.33. The molecule has 5 heteroatoms. The summed E-state index contributed by atoms with van der Waals surface area (Å²) in [6.07, 6.45) is 2.06. The number of amides is 1. The number of hydrogen-bond donors (Lipinski definition) is 2. The van der Waals surface area contributed by atoms with Crippen molar-refractivity contribution in [1.82, 2.24) is 10.2 Å². The number of nitrogens with zero attached hydrogens (tertiary/aromatic N) is 2. The molecule has 0 atom stereocenters. The molecular weight excluding hydrogens is 264 g/mol. The zero-order chi connectivity index (χ0) is 15.2. The number of hydrogen-bond acceptors (Lipinski definition) is 4. The fourth-order valence-corrected chi connectivity index (χ4v) is 2.85. The molecule has 1 saturated heterocycles. The van der Waals surface area contributed by atoms with E-state index in [0.29, 0.717) is 18.2 Å². The third-order valence-electron chi connectivity index (χ3n) is 4.03. The number of primary amides is 1. The van der Waals surface area contributed by atoms with Crippen molar-refractivity contribution in [1.29, 1.82) is 5.26 Å². The van der Waals surface area contributed by atoms with Crippen LogP contribution in [0.2, 0.25) is 0 Å². The minimum Gasteiger partial charge on any atom is -0.369 e. The van der Waals surface area contributed by atoms with E-state index in [1.165, 1.54) is 0 Å². The first-order valence-electron chi connectivity index (χ1n) is 7.33. The van der Waals surface area contributed by atoms with Gasteiger partial charge in [0.25, 0.3) is 0 Å². The molecule has 0 bridgehead atoms. The molecule has 21 heavy (non-hydrogen) atoms. The fraction of sp³-hybridized carbons (Fsp3) is 0.500. The number of nitrogens with one attached hydrogen (secondary N) is 1. The maximum Gasteiger partial charge on any atom is 0.231 e. The lowest BCUT2D eigenvalue weighted by Gasteiger charge is -2.34. The maximum absolute atomic E-state index is 11.3. The molecule has 2 rings (SSSR count). The van der Waals surface area contributed by atoms with E-state index < -0.39 is 0 Å². The molecule has 1 heterocycles. The first-order chi connectivity index (χ1) is 10.1. The summed E-state index contributed by atoms with van der Waals surface area (Å²) in [7, 11) is 0. The van der Waals surface area contributed by atoms with Crippen LogP contribution in [0.25, 0.3) is 0 Å². The Kier molecular flexibility index (Phi) is 5.32. The summed E-state index contributed by atoms with van der Waals surface area (Å²) >= 11 is 0. The van der Waals surface area contributed by atoms with Gasteiger partial charge in [-0.3, -0.25) is 9.69 Å². The molecule has 0 spiro atoms. The Morgan fingerprint density at radius 3 is 2.76 bits per heavy atom. The number of rotatable bonds is 5. The zero-order valence-corrected chi connectivity index (χ0v) is 12.4. The van der Waals surface area contributed by atoms with Crippen molar-refractivity contribution in [3.63, 3.8) is 0 Å². The van der Waals surface area contributed by atoms with Crippen LogP contribution in [-0.2, 0) is 11.3 Å². The van der Waals surface area contributed by atoms with Gasteiger partial charge in [-0.2, -0.15) is 5.26 Å². The highest BCUT2D eigenvalue weighted by molar-refractivity contribution is 5.76.